The summed E-state index contributed by atoms with van der Waals surface area (Å²) in [4.78, 5) is 14.6. The van der Waals surface area contributed by atoms with Crippen molar-refractivity contribution in [2.75, 3.05) is 63.5 Å². The Labute approximate surface area is 233 Å². The lowest BCUT2D eigenvalue weighted by Gasteiger charge is -2.29. The minimum Gasteiger partial charge on any atom is -0.497 e. The Bertz CT molecular complexity index is 1410. The van der Waals surface area contributed by atoms with Crippen LogP contribution in [0.1, 0.15) is 23.1 Å². The van der Waals surface area contributed by atoms with Gasteiger partial charge in [0, 0.05) is 31.7 Å². The van der Waals surface area contributed by atoms with Crippen LogP contribution in [-0.4, -0.2) is 73.3 Å². The zero-order valence-corrected chi connectivity index (χ0v) is 23.0. The first kappa shape index (κ1) is 26.1. The normalized spacial score (nSPS) is 15.7. The monoisotopic (exact) mass is 542 g/mol. The Morgan fingerprint density at radius 1 is 0.825 bits per heavy atom. The maximum atomic E-state index is 5.62. The van der Waals surface area contributed by atoms with Crippen LogP contribution in [0.5, 0.6) is 11.5 Å². The largest absolute Gasteiger partial charge is 0.497 e. The lowest BCUT2D eigenvalue weighted by Crippen LogP contribution is -2.38. The number of hydrogen-bond acceptors (Lipinski definition) is 9. The third-order valence-corrected chi connectivity index (χ3v) is 7.29. The summed E-state index contributed by atoms with van der Waals surface area (Å²) in [7, 11) is 3.36. The van der Waals surface area contributed by atoms with Crippen molar-refractivity contribution in [3.05, 3.63) is 77.5 Å². The molecule has 2 aromatic heterocycles. The highest BCUT2D eigenvalue weighted by Crippen LogP contribution is 2.30. The van der Waals surface area contributed by atoms with E-state index in [-0.39, 0.29) is 0 Å². The SMILES string of the molecule is COc1ccc(CN(Cc2ccc(OC)cc2)c2nc(N3CCOCC3)nc3c(C4=CCOCC4)cnn23)cc1. The Morgan fingerprint density at radius 3 is 2.05 bits per heavy atom. The highest BCUT2D eigenvalue weighted by atomic mass is 16.5. The summed E-state index contributed by atoms with van der Waals surface area (Å²) in [5.74, 6) is 3.07. The van der Waals surface area contributed by atoms with E-state index in [4.69, 9.17) is 34.0 Å². The van der Waals surface area contributed by atoms with E-state index in [1.54, 1.807) is 14.2 Å². The molecule has 0 radical (unpaired) electrons. The number of anilines is 2. The molecule has 4 aromatic rings. The number of benzene rings is 2. The molecule has 10 nitrogen and oxygen atoms in total. The molecule has 1 fully saturated rings. The summed E-state index contributed by atoms with van der Waals surface area (Å²) in [5.41, 5.74) is 5.29. The van der Waals surface area contributed by atoms with Gasteiger partial charge < -0.3 is 28.7 Å². The zero-order valence-electron chi connectivity index (χ0n) is 23.0. The van der Waals surface area contributed by atoms with E-state index < -0.39 is 0 Å². The molecular weight excluding hydrogens is 508 g/mol. The van der Waals surface area contributed by atoms with Gasteiger partial charge in [0.1, 0.15) is 11.5 Å². The molecule has 0 aliphatic carbocycles. The van der Waals surface area contributed by atoms with Gasteiger partial charge in [0.15, 0.2) is 5.65 Å². The number of nitrogens with zero attached hydrogens (tertiary/aromatic N) is 6. The maximum absolute atomic E-state index is 5.62. The molecule has 2 aliphatic heterocycles. The van der Waals surface area contributed by atoms with E-state index in [2.05, 4.69) is 40.1 Å². The molecule has 0 bridgehead atoms. The van der Waals surface area contributed by atoms with Crippen molar-refractivity contribution in [3.8, 4) is 11.5 Å². The van der Waals surface area contributed by atoms with Crippen molar-refractivity contribution < 1.29 is 18.9 Å². The predicted octanol–water partition coefficient (Wildman–Crippen LogP) is 3.99. The van der Waals surface area contributed by atoms with Crippen LogP contribution in [0.15, 0.2) is 60.8 Å². The van der Waals surface area contributed by atoms with Gasteiger partial charge in [0.05, 0.1) is 46.8 Å². The van der Waals surface area contributed by atoms with Gasteiger partial charge in [-0.1, -0.05) is 30.3 Å². The molecule has 1 saturated heterocycles. The van der Waals surface area contributed by atoms with Gasteiger partial charge in [0.2, 0.25) is 11.9 Å². The Morgan fingerprint density at radius 2 is 1.48 bits per heavy atom. The van der Waals surface area contributed by atoms with E-state index in [0.29, 0.717) is 45.5 Å². The fraction of sp³-hybridized carbons (Fsp3) is 0.367. The Balaban J connectivity index is 1.46. The van der Waals surface area contributed by atoms with Gasteiger partial charge in [-0.15, -0.1) is 0 Å². The van der Waals surface area contributed by atoms with Crippen LogP contribution in [0, 0.1) is 0 Å². The fourth-order valence-corrected chi connectivity index (χ4v) is 5.06. The fourth-order valence-electron chi connectivity index (χ4n) is 5.06. The van der Waals surface area contributed by atoms with Crippen LogP contribution in [-0.2, 0) is 22.6 Å². The average Bonchev–Trinajstić information content (AvgIpc) is 3.46. The van der Waals surface area contributed by atoms with Crippen LogP contribution < -0.4 is 19.3 Å². The molecule has 2 aliphatic rings. The topological polar surface area (TPSA) is 86.5 Å². The van der Waals surface area contributed by atoms with Crippen molar-refractivity contribution in [2.45, 2.75) is 19.5 Å². The summed E-state index contributed by atoms with van der Waals surface area (Å²) < 4.78 is 23.8. The van der Waals surface area contributed by atoms with Crippen molar-refractivity contribution in [1.29, 1.82) is 0 Å². The average molecular weight is 543 g/mol. The molecule has 10 heteroatoms. The molecule has 6 rings (SSSR count). The molecule has 4 heterocycles. The van der Waals surface area contributed by atoms with Gasteiger partial charge >= 0.3 is 0 Å². The van der Waals surface area contributed by atoms with E-state index in [1.807, 2.05) is 35.0 Å². The Kier molecular flexibility index (Phi) is 7.78. The number of fused-ring (bicyclic) bond motifs is 1. The van der Waals surface area contributed by atoms with E-state index in [9.17, 15) is 0 Å². The van der Waals surface area contributed by atoms with Crippen LogP contribution in [0.4, 0.5) is 11.9 Å². The van der Waals surface area contributed by atoms with Gasteiger partial charge in [-0.2, -0.15) is 19.6 Å². The molecular formula is C30H34N6O4. The van der Waals surface area contributed by atoms with Crippen LogP contribution in [0.2, 0.25) is 0 Å². The first-order valence-corrected chi connectivity index (χ1v) is 13.6. The lowest BCUT2D eigenvalue weighted by atomic mass is 10.1. The second-order valence-electron chi connectivity index (χ2n) is 9.82. The molecule has 0 atom stereocenters. The Hall–Kier alpha value is -4.15. The third kappa shape index (κ3) is 5.59. The molecule has 40 heavy (non-hydrogen) atoms. The summed E-state index contributed by atoms with van der Waals surface area (Å²) in [6, 6.07) is 16.3. The van der Waals surface area contributed by atoms with E-state index in [1.165, 1.54) is 5.57 Å². The molecule has 0 spiro atoms. The first-order valence-electron chi connectivity index (χ1n) is 13.6. The second kappa shape index (κ2) is 11.9. The first-order chi connectivity index (χ1) is 19.7. The standard InChI is InChI=1S/C30H34N6O4/c1-37-25-7-3-22(4-8-25)20-35(21-23-5-9-26(38-2)10-6-23)30-33-29(34-13-17-40-18-14-34)32-28-27(19-31-36(28)30)24-11-15-39-16-12-24/h3-11,19H,12-18,20-21H2,1-2H3. The van der Waals surface area contributed by atoms with Crippen molar-refractivity contribution in [1.82, 2.24) is 19.6 Å². The summed E-state index contributed by atoms with van der Waals surface area (Å²) in [6.07, 6.45) is 4.87. The van der Waals surface area contributed by atoms with Gasteiger partial charge in [-0.25, -0.2) is 0 Å². The molecule has 0 amide bonds. The molecule has 0 unspecified atom stereocenters. The number of ether oxygens (including phenoxy) is 4. The summed E-state index contributed by atoms with van der Waals surface area (Å²) in [6.45, 7) is 5.33. The quantitative estimate of drug-likeness (QED) is 0.312. The maximum Gasteiger partial charge on any atom is 0.232 e. The van der Waals surface area contributed by atoms with E-state index >= 15 is 0 Å². The molecule has 0 N–H and O–H groups in total. The zero-order chi connectivity index (χ0) is 27.3. The highest BCUT2D eigenvalue weighted by molar-refractivity contribution is 5.77. The van der Waals surface area contributed by atoms with Gasteiger partial charge in [-0.3, -0.25) is 0 Å². The van der Waals surface area contributed by atoms with Crippen molar-refractivity contribution >= 4 is 23.1 Å². The molecule has 2 aromatic carbocycles. The summed E-state index contributed by atoms with van der Waals surface area (Å²) in [5, 5.41) is 4.82. The summed E-state index contributed by atoms with van der Waals surface area (Å²) >= 11 is 0. The van der Waals surface area contributed by atoms with Gasteiger partial charge in [-0.05, 0) is 47.4 Å². The highest BCUT2D eigenvalue weighted by Gasteiger charge is 2.24. The number of morpholine rings is 1. The van der Waals surface area contributed by atoms with Gasteiger partial charge in [0.25, 0.3) is 0 Å². The van der Waals surface area contributed by atoms with Crippen molar-refractivity contribution in [2.24, 2.45) is 0 Å². The third-order valence-electron chi connectivity index (χ3n) is 7.29. The number of methoxy groups -OCH3 is 2. The van der Waals surface area contributed by atoms with E-state index in [0.717, 1.165) is 59.3 Å². The van der Waals surface area contributed by atoms with Crippen molar-refractivity contribution in [3.63, 3.8) is 0 Å². The van der Waals surface area contributed by atoms with Crippen LogP contribution in [0.3, 0.4) is 0 Å². The van der Waals surface area contributed by atoms with Crippen LogP contribution in [0.25, 0.3) is 11.2 Å². The lowest BCUT2D eigenvalue weighted by molar-refractivity contribution is 0.122. The predicted molar refractivity (Wildman–Crippen MR) is 153 cm³/mol. The second-order valence-corrected chi connectivity index (χ2v) is 9.82. The molecule has 0 saturated carbocycles. The smallest absolute Gasteiger partial charge is 0.232 e. The molecule has 208 valence electrons. The number of hydrogen-bond donors (Lipinski definition) is 0. The minimum atomic E-state index is 0.599. The van der Waals surface area contributed by atoms with Crippen LogP contribution >= 0.6 is 0 Å². The number of rotatable bonds is 9. The minimum absolute atomic E-state index is 0.599. The number of aromatic nitrogens is 4.